The van der Waals surface area contributed by atoms with Crippen LogP contribution in [0.3, 0.4) is 0 Å². The molecule has 0 unspecified atom stereocenters. The maximum atomic E-state index is 5.83. The molecule has 17 heavy (non-hydrogen) atoms. The standard InChI is InChI=1S/C15H14N2/c1-11-10-17(13-5-3-2-4-6-13)15-8-7-12(16)9-14(11)15/h2-10H,16H2,1H3. The van der Waals surface area contributed by atoms with Gasteiger partial charge in [-0.2, -0.15) is 0 Å². The van der Waals surface area contributed by atoms with Gasteiger partial charge in [0.15, 0.2) is 0 Å². The van der Waals surface area contributed by atoms with Crippen LogP contribution < -0.4 is 5.73 Å². The first-order valence-electron chi connectivity index (χ1n) is 5.68. The van der Waals surface area contributed by atoms with E-state index in [1.165, 1.54) is 22.2 Å². The summed E-state index contributed by atoms with van der Waals surface area (Å²) in [4.78, 5) is 0. The summed E-state index contributed by atoms with van der Waals surface area (Å²) < 4.78 is 2.20. The number of para-hydroxylation sites is 1. The van der Waals surface area contributed by atoms with Crippen molar-refractivity contribution in [3.05, 3.63) is 60.3 Å². The minimum absolute atomic E-state index is 0.811. The second kappa shape index (κ2) is 3.67. The predicted molar refractivity (Wildman–Crippen MR) is 72.4 cm³/mol. The maximum Gasteiger partial charge on any atom is 0.0532 e. The number of aryl methyl sites for hydroxylation is 1. The Kier molecular flexibility index (Phi) is 2.15. The van der Waals surface area contributed by atoms with E-state index in [9.17, 15) is 0 Å². The largest absolute Gasteiger partial charge is 0.399 e. The third-order valence-corrected chi connectivity index (χ3v) is 3.06. The molecule has 1 aromatic heterocycles. The number of fused-ring (bicyclic) bond motifs is 1. The van der Waals surface area contributed by atoms with Crippen molar-refractivity contribution in [3.63, 3.8) is 0 Å². The fraction of sp³-hybridized carbons (Fsp3) is 0.0667. The number of aromatic nitrogens is 1. The lowest BCUT2D eigenvalue weighted by Gasteiger charge is -2.04. The Morgan fingerprint density at radius 1 is 1.00 bits per heavy atom. The number of anilines is 1. The average Bonchev–Trinajstić information content (AvgIpc) is 2.68. The number of nitrogens with two attached hydrogens (primary N) is 1. The summed E-state index contributed by atoms with van der Waals surface area (Å²) in [7, 11) is 0. The summed E-state index contributed by atoms with van der Waals surface area (Å²) in [6, 6.07) is 16.4. The molecule has 0 saturated heterocycles. The van der Waals surface area contributed by atoms with Crippen molar-refractivity contribution in [2.45, 2.75) is 6.92 Å². The highest BCUT2D eigenvalue weighted by Crippen LogP contribution is 2.25. The Morgan fingerprint density at radius 2 is 1.76 bits per heavy atom. The van der Waals surface area contributed by atoms with Crippen molar-refractivity contribution < 1.29 is 0 Å². The summed E-state index contributed by atoms with van der Waals surface area (Å²) in [5.41, 5.74) is 10.3. The van der Waals surface area contributed by atoms with Crippen LogP contribution in [0.1, 0.15) is 5.56 Å². The molecule has 0 bridgehead atoms. The van der Waals surface area contributed by atoms with Crippen LogP contribution in [0, 0.1) is 6.92 Å². The molecule has 0 aliphatic carbocycles. The lowest BCUT2D eigenvalue weighted by molar-refractivity contribution is 1.12. The second-order valence-electron chi connectivity index (χ2n) is 4.29. The molecule has 0 aliphatic heterocycles. The first-order valence-corrected chi connectivity index (χ1v) is 5.68. The Bertz CT molecular complexity index is 666. The van der Waals surface area contributed by atoms with Gasteiger partial charge in [-0.05, 0) is 42.8 Å². The topological polar surface area (TPSA) is 30.9 Å². The molecule has 2 aromatic carbocycles. The van der Waals surface area contributed by atoms with Crippen LogP contribution in [0.5, 0.6) is 0 Å². The predicted octanol–water partition coefficient (Wildman–Crippen LogP) is 3.52. The Hall–Kier alpha value is -2.22. The fourth-order valence-corrected chi connectivity index (χ4v) is 2.21. The minimum atomic E-state index is 0.811. The highest BCUT2D eigenvalue weighted by molar-refractivity contribution is 5.88. The van der Waals surface area contributed by atoms with Crippen molar-refractivity contribution in [1.29, 1.82) is 0 Å². The number of rotatable bonds is 1. The maximum absolute atomic E-state index is 5.83. The molecule has 0 radical (unpaired) electrons. The summed E-state index contributed by atoms with van der Waals surface area (Å²) in [5, 5.41) is 1.22. The molecular weight excluding hydrogens is 208 g/mol. The van der Waals surface area contributed by atoms with Gasteiger partial charge in [-0.15, -0.1) is 0 Å². The van der Waals surface area contributed by atoms with E-state index >= 15 is 0 Å². The van der Waals surface area contributed by atoms with Gasteiger partial charge in [-0.3, -0.25) is 0 Å². The van der Waals surface area contributed by atoms with Crippen LogP contribution in [0.25, 0.3) is 16.6 Å². The van der Waals surface area contributed by atoms with Gasteiger partial charge in [0.2, 0.25) is 0 Å². The van der Waals surface area contributed by atoms with Gasteiger partial charge >= 0.3 is 0 Å². The zero-order chi connectivity index (χ0) is 11.8. The average molecular weight is 222 g/mol. The van der Waals surface area contributed by atoms with Crippen molar-refractivity contribution >= 4 is 16.6 Å². The summed E-state index contributed by atoms with van der Waals surface area (Å²) in [6.45, 7) is 2.11. The Morgan fingerprint density at radius 3 is 2.53 bits per heavy atom. The highest BCUT2D eigenvalue weighted by atomic mass is 15.0. The number of nitrogens with zero attached hydrogens (tertiary/aromatic N) is 1. The van der Waals surface area contributed by atoms with Crippen LogP contribution in [0.15, 0.2) is 54.7 Å². The van der Waals surface area contributed by atoms with Crippen LogP contribution >= 0.6 is 0 Å². The van der Waals surface area contributed by atoms with Crippen molar-refractivity contribution in [2.24, 2.45) is 0 Å². The van der Waals surface area contributed by atoms with E-state index in [4.69, 9.17) is 5.73 Å². The molecule has 0 spiro atoms. The molecule has 2 nitrogen and oxygen atoms in total. The molecule has 0 atom stereocenters. The highest BCUT2D eigenvalue weighted by Gasteiger charge is 2.06. The van der Waals surface area contributed by atoms with Crippen LogP contribution in [0.4, 0.5) is 5.69 Å². The lowest BCUT2D eigenvalue weighted by atomic mass is 10.2. The molecule has 0 saturated carbocycles. The van der Waals surface area contributed by atoms with E-state index < -0.39 is 0 Å². The van der Waals surface area contributed by atoms with Crippen LogP contribution in [0.2, 0.25) is 0 Å². The van der Waals surface area contributed by atoms with Crippen molar-refractivity contribution in [3.8, 4) is 5.69 Å². The van der Waals surface area contributed by atoms with Crippen molar-refractivity contribution in [1.82, 2.24) is 4.57 Å². The molecule has 0 amide bonds. The molecule has 84 valence electrons. The Balaban J connectivity index is 2.32. The number of nitrogen functional groups attached to an aromatic ring is 1. The number of hydrogen-bond acceptors (Lipinski definition) is 1. The van der Waals surface area contributed by atoms with Crippen LogP contribution in [-0.2, 0) is 0 Å². The smallest absolute Gasteiger partial charge is 0.0532 e. The molecule has 3 rings (SSSR count). The molecule has 0 fully saturated rings. The van der Waals surface area contributed by atoms with Gasteiger partial charge in [-0.1, -0.05) is 18.2 Å². The summed E-state index contributed by atoms with van der Waals surface area (Å²) in [5.74, 6) is 0. The molecule has 3 aromatic rings. The van der Waals surface area contributed by atoms with E-state index in [0.29, 0.717) is 0 Å². The third-order valence-electron chi connectivity index (χ3n) is 3.06. The van der Waals surface area contributed by atoms with E-state index in [1.54, 1.807) is 0 Å². The first kappa shape index (κ1) is 9.97. The van der Waals surface area contributed by atoms with E-state index in [1.807, 2.05) is 30.3 Å². The zero-order valence-electron chi connectivity index (χ0n) is 9.72. The quantitative estimate of drug-likeness (QED) is 0.627. The summed E-state index contributed by atoms with van der Waals surface area (Å²) in [6.07, 6.45) is 2.15. The SMILES string of the molecule is Cc1cn(-c2ccccc2)c2ccc(N)cc12. The lowest BCUT2D eigenvalue weighted by Crippen LogP contribution is -1.91. The first-order chi connectivity index (χ1) is 8.25. The molecule has 2 heteroatoms. The normalized spacial score (nSPS) is 10.9. The van der Waals surface area contributed by atoms with Gasteiger partial charge in [0.05, 0.1) is 5.52 Å². The van der Waals surface area contributed by atoms with E-state index in [2.05, 4.69) is 35.9 Å². The minimum Gasteiger partial charge on any atom is -0.399 e. The number of benzene rings is 2. The van der Waals surface area contributed by atoms with E-state index in [-0.39, 0.29) is 0 Å². The van der Waals surface area contributed by atoms with Crippen molar-refractivity contribution in [2.75, 3.05) is 5.73 Å². The molecule has 0 aliphatic rings. The Labute approximate surface area is 100 Å². The van der Waals surface area contributed by atoms with E-state index in [0.717, 1.165) is 5.69 Å². The molecule has 2 N–H and O–H groups in total. The van der Waals surface area contributed by atoms with Crippen LogP contribution in [-0.4, -0.2) is 4.57 Å². The molecule has 1 heterocycles. The molecular formula is C15H14N2. The summed E-state index contributed by atoms with van der Waals surface area (Å²) >= 11 is 0. The fourth-order valence-electron chi connectivity index (χ4n) is 2.21. The van der Waals surface area contributed by atoms with Gasteiger partial charge in [-0.25, -0.2) is 0 Å². The second-order valence-corrected chi connectivity index (χ2v) is 4.29. The third kappa shape index (κ3) is 1.58. The number of hydrogen-bond donors (Lipinski definition) is 1. The zero-order valence-corrected chi connectivity index (χ0v) is 9.72. The van der Waals surface area contributed by atoms with Gasteiger partial charge < -0.3 is 10.3 Å². The van der Waals surface area contributed by atoms with Gasteiger partial charge in [0.25, 0.3) is 0 Å². The van der Waals surface area contributed by atoms with Gasteiger partial charge in [0, 0.05) is 23.0 Å². The van der Waals surface area contributed by atoms with Gasteiger partial charge in [0.1, 0.15) is 0 Å². The monoisotopic (exact) mass is 222 g/mol.